The SMILES string of the molecule is C[C@H]1O[C@]1(c1ccccc1)C1(O[Si](C)(C)C)CCCC1. The Bertz CT molecular complexity index is 474. The Morgan fingerprint density at radius 3 is 2.10 bits per heavy atom. The van der Waals surface area contributed by atoms with E-state index in [1.807, 2.05) is 0 Å². The summed E-state index contributed by atoms with van der Waals surface area (Å²) in [6, 6.07) is 10.7. The monoisotopic (exact) mass is 290 g/mol. The van der Waals surface area contributed by atoms with E-state index in [2.05, 4.69) is 56.9 Å². The highest BCUT2D eigenvalue weighted by molar-refractivity contribution is 6.69. The Morgan fingerprint density at radius 1 is 1.10 bits per heavy atom. The van der Waals surface area contributed by atoms with Gasteiger partial charge >= 0.3 is 0 Å². The number of hydrogen-bond acceptors (Lipinski definition) is 2. The zero-order valence-electron chi connectivity index (χ0n) is 13.1. The van der Waals surface area contributed by atoms with Gasteiger partial charge in [-0.3, -0.25) is 0 Å². The molecule has 3 heteroatoms. The Balaban J connectivity index is 2.02. The third-order valence-corrected chi connectivity index (χ3v) is 5.67. The van der Waals surface area contributed by atoms with E-state index in [0.717, 1.165) is 12.8 Å². The van der Waals surface area contributed by atoms with Crippen molar-refractivity contribution < 1.29 is 9.16 Å². The molecule has 0 spiro atoms. The molecule has 0 radical (unpaired) electrons. The van der Waals surface area contributed by atoms with Crippen LogP contribution in [0.15, 0.2) is 30.3 Å². The summed E-state index contributed by atoms with van der Waals surface area (Å²) in [5, 5.41) is 0. The van der Waals surface area contributed by atoms with E-state index >= 15 is 0 Å². The van der Waals surface area contributed by atoms with Crippen LogP contribution in [-0.2, 0) is 14.8 Å². The summed E-state index contributed by atoms with van der Waals surface area (Å²) < 4.78 is 13.0. The summed E-state index contributed by atoms with van der Waals surface area (Å²) in [4.78, 5) is 0. The average Bonchev–Trinajstić information content (AvgIpc) is 2.86. The van der Waals surface area contributed by atoms with E-state index in [-0.39, 0.29) is 17.3 Å². The fraction of sp³-hybridized carbons (Fsp3) is 0.647. The summed E-state index contributed by atoms with van der Waals surface area (Å²) in [7, 11) is -1.61. The lowest BCUT2D eigenvalue weighted by atomic mass is 9.78. The van der Waals surface area contributed by atoms with Crippen LogP contribution in [0.25, 0.3) is 0 Å². The predicted octanol–water partition coefficient (Wildman–Crippen LogP) is 4.46. The molecule has 1 aromatic carbocycles. The maximum Gasteiger partial charge on any atom is 0.184 e. The molecule has 2 fully saturated rings. The highest BCUT2D eigenvalue weighted by Gasteiger charge is 2.69. The first-order chi connectivity index (χ1) is 9.40. The van der Waals surface area contributed by atoms with Crippen molar-refractivity contribution in [2.75, 3.05) is 0 Å². The zero-order chi connectivity index (χ0) is 14.4. The minimum Gasteiger partial charge on any atom is -0.409 e. The van der Waals surface area contributed by atoms with Crippen LogP contribution in [0, 0.1) is 0 Å². The van der Waals surface area contributed by atoms with Crippen LogP contribution < -0.4 is 0 Å². The molecule has 0 unspecified atom stereocenters. The van der Waals surface area contributed by atoms with Crippen molar-refractivity contribution in [3.05, 3.63) is 35.9 Å². The quantitative estimate of drug-likeness (QED) is 0.603. The predicted molar refractivity (Wildman–Crippen MR) is 84.3 cm³/mol. The van der Waals surface area contributed by atoms with Crippen molar-refractivity contribution in [1.82, 2.24) is 0 Å². The molecule has 2 atom stereocenters. The van der Waals surface area contributed by atoms with Gasteiger partial charge in [-0.1, -0.05) is 43.2 Å². The summed E-state index contributed by atoms with van der Waals surface area (Å²) in [5.41, 5.74) is 0.996. The van der Waals surface area contributed by atoms with Gasteiger partial charge in [-0.25, -0.2) is 0 Å². The molecule has 1 saturated heterocycles. The van der Waals surface area contributed by atoms with Crippen LogP contribution in [0.1, 0.15) is 38.2 Å². The molecule has 1 heterocycles. The van der Waals surface area contributed by atoms with E-state index in [1.54, 1.807) is 0 Å². The molecule has 0 amide bonds. The van der Waals surface area contributed by atoms with Gasteiger partial charge in [0.2, 0.25) is 0 Å². The lowest BCUT2D eigenvalue weighted by Crippen LogP contribution is -2.51. The van der Waals surface area contributed by atoms with Crippen molar-refractivity contribution in [1.29, 1.82) is 0 Å². The summed E-state index contributed by atoms with van der Waals surface area (Å²) >= 11 is 0. The highest BCUT2D eigenvalue weighted by atomic mass is 28.4. The van der Waals surface area contributed by atoms with E-state index < -0.39 is 8.32 Å². The van der Waals surface area contributed by atoms with E-state index in [4.69, 9.17) is 9.16 Å². The first-order valence-corrected chi connectivity index (χ1v) is 11.2. The standard InChI is InChI=1S/C17H26O2Si/c1-14-17(18-14,15-10-6-5-7-11-15)16(12-8-9-13-16)19-20(2,3)4/h5-7,10-11,14H,8-9,12-13H2,1-4H3/t14-,17-/m1/s1. The highest BCUT2D eigenvalue weighted by Crippen LogP contribution is 2.61. The van der Waals surface area contributed by atoms with Gasteiger partial charge in [0.25, 0.3) is 0 Å². The molecule has 2 nitrogen and oxygen atoms in total. The van der Waals surface area contributed by atoms with Gasteiger partial charge in [-0.2, -0.15) is 0 Å². The minimum absolute atomic E-state index is 0.0990. The van der Waals surface area contributed by atoms with E-state index in [9.17, 15) is 0 Å². The van der Waals surface area contributed by atoms with Crippen LogP contribution in [0.4, 0.5) is 0 Å². The average molecular weight is 290 g/mol. The molecule has 20 heavy (non-hydrogen) atoms. The molecule has 110 valence electrons. The summed E-state index contributed by atoms with van der Waals surface area (Å²) in [5.74, 6) is 0. The summed E-state index contributed by atoms with van der Waals surface area (Å²) in [6.07, 6.45) is 5.05. The Hall–Kier alpha value is -0.643. The molecule has 3 rings (SSSR count). The molecule has 0 aromatic heterocycles. The third-order valence-electron chi connectivity index (χ3n) is 4.67. The van der Waals surface area contributed by atoms with Gasteiger partial charge in [-0.15, -0.1) is 0 Å². The second kappa shape index (κ2) is 4.69. The molecule has 0 N–H and O–H groups in total. The molecular formula is C17H26O2Si. The molecule has 1 aromatic rings. The van der Waals surface area contributed by atoms with Crippen molar-refractivity contribution in [2.24, 2.45) is 0 Å². The van der Waals surface area contributed by atoms with Gasteiger partial charge in [0.05, 0.1) is 11.7 Å². The Labute approximate surface area is 123 Å². The number of benzene rings is 1. The maximum absolute atomic E-state index is 6.75. The molecule has 1 aliphatic heterocycles. The van der Waals surface area contributed by atoms with Crippen LogP contribution in [0.3, 0.4) is 0 Å². The van der Waals surface area contributed by atoms with Crippen molar-refractivity contribution >= 4 is 8.32 Å². The van der Waals surface area contributed by atoms with Gasteiger partial charge in [0.15, 0.2) is 8.32 Å². The first kappa shape index (κ1) is 14.3. The van der Waals surface area contributed by atoms with Crippen molar-refractivity contribution in [2.45, 2.75) is 69.6 Å². The smallest absolute Gasteiger partial charge is 0.184 e. The van der Waals surface area contributed by atoms with Crippen molar-refractivity contribution in [3.8, 4) is 0 Å². The Kier molecular flexibility index (Phi) is 3.35. The lowest BCUT2D eigenvalue weighted by molar-refractivity contribution is -0.0184. The molecule has 1 saturated carbocycles. The summed E-state index contributed by atoms with van der Waals surface area (Å²) in [6.45, 7) is 9.07. The van der Waals surface area contributed by atoms with Crippen LogP contribution in [0.2, 0.25) is 19.6 Å². The zero-order valence-corrected chi connectivity index (χ0v) is 14.1. The van der Waals surface area contributed by atoms with Crippen LogP contribution in [0.5, 0.6) is 0 Å². The lowest BCUT2D eigenvalue weighted by Gasteiger charge is -2.41. The van der Waals surface area contributed by atoms with Gasteiger partial charge < -0.3 is 9.16 Å². The second-order valence-corrected chi connectivity index (χ2v) is 11.7. The minimum atomic E-state index is -1.61. The molecular weight excluding hydrogens is 264 g/mol. The number of ether oxygens (including phenoxy) is 1. The van der Waals surface area contributed by atoms with Gasteiger partial charge in [0.1, 0.15) is 5.60 Å². The fourth-order valence-corrected chi connectivity index (χ4v) is 5.58. The van der Waals surface area contributed by atoms with Crippen LogP contribution >= 0.6 is 0 Å². The number of hydrogen-bond donors (Lipinski definition) is 0. The molecule has 2 aliphatic rings. The largest absolute Gasteiger partial charge is 0.409 e. The maximum atomic E-state index is 6.75. The van der Waals surface area contributed by atoms with Gasteiger partial charge in [0, 0.05) is 0 Å². The fourth-order valence-electron chi connectivity index (χ4n) is 4.06. The topological polar surface area (TPSA) is 21.8 Å². The number of rotatable bonds is 4. The third kappa shape index (κ3) is 2.16. The first-order valence-electron chi connectivity index (χ1n) is 7.83. The van der Waals surface area contributed by atoms with Crippen molar-refractivity contribution in [3.63, 3.8) is 0 Å². The molecule has 0 bridgehead atoms. The molecule has 1 aliphatic carbocycles. The normalized spacial score (nSPS) is 32.3. The number of epoxide rings is 1. The second-order valence-electron chi connectivity index (χ2n) is 7.28. The van der Waals surface area contributed by atoms with Crippen LogP contribution in [-0.4, -0.2) is 20.0 Å². The van der Waals surface area contributed by atoms with E-state index in [1.165, 1.54) is 18.4 Å². The van der Waals surface area contributed by atoms with Gasteiger partial charge in [-0.05, 0) is 45.0 Å². The Morgan fingerprint density at radius 2 is 1.65 bits per heavy atom. The van der Waals surface area contributed by atoms with E-state index in [0.29, 0.717) is 0 Å².